The normalized spacial score (nSPS) is 15.5. The summed E-state index contributed by atoms with van der Waals surface area (Å²) >= 11 is 0. The molecule has 1 aliphatic heterocycles. The fraction of sp³-hybridized carbons (Fsp3) is 0.667. The Hall–Kier alpha value is -2.34. The number of rotatable bonds is 13. The summed E-state index contributed by atoms with van der Waals surface area (Å²) in [5.74, 6) is 2.16. The lowest BCUT2D eigenvalue weighted by atomic mass is 9.97. The van der Waals surface area contributed by atoms with Gasteiger partial charge in [-0.3, -0.25) is 4.79 Å². The van der Waals surface area contributed by atoms with Gasteiger partial charge in [-0.05, 0) is 50.8 Å². The third-order valence-electron chi connectivity index (χ3n) is 7.66. The van der Waals surface area contributed by atoms with E-state index in [-0.39, 0.29) is 5.92 Å². The number of carbonyl (C=O) groups excluding carboxylic acids is 1. The highest BCUT2D eigenvalue weighted by Crippen LogP contribution is 2.31. The standard InChI is InChI=1S/C30H49N5O/c1-7-10-14-26(8-2)30(36)34(18-17-24(4)5)23-28-25(6)31-35(27-15-12-11-13-16-27)29(28)33-21-19-32(9-3)20-22-33/h11-13,15-16,24,26H,7-10,14,17-23H2,1-6H3/t26-/m1/s1. The Bertz CT molecular complexity index is 930. The van der Waals surface area contributed by atoms with Crippen molar-refractivity contribution in [2.75, 3.05) is 44.2 Å². The summed E-state index contributed by atoms with van der Waals surface area (Å²) in [6.45, 7) is 19.8. The molecule has 0 saturated carbocycles. The monoisotopic (exact) mass is 495 g/mol. The number of aryl methyl sites for hydroxylation is 1. The molecule has 0 N–H and O–H groups in total. The van der Waals surface area contributed by atoms with Crippen LogP contribution in [0.1, 0.15) is 78.0 Å². The van der Waals surface area contributed by atoms with Gasteiger partial charge in [0.2, 0.25) is 5.91 Å². The van der Waals surface area contributed by atoms with E-state index < -0.39 is 0 Å². The average molecular weight is 496 g/mol. The lowest BCUT2D eigenvalue weighted by Crippen LogP contribution is -2.47. The number of unbranched alkanes of at least 4 members (excludes halogenated alkanes) is 1. The largest absolute Gasteiger partial charge is 0.354 e. The molecule has 1 fully saturated rings. The van der Waals surface area contributed by atoms with Gasteiger partial charge in [0.1, 0.15) is 5.82 Å². The van der Waals surface area contributed by atoms with E-state index in [1.54, 1.807) is 0 Å². The van der Waals surface area contributed by atoms with E-state index in [2.05, 4.69) is 85.2 Å². The zero-order valence-electron chi connectivity index (χ0n) is 23.7. The van der Waals surface area contributed by atoms with Crippen LogP contribution in [-0.2, 0) is 11.3 Å². The number of carbonyl (C=O) groups is 1. The van der Waals surface area contributed by atoms with Crippen molar-refractivity contribution in [2.45, 2.75) is 80.2 Å². The molecule has 6 nitrogen and oxygen atoms in total. The maximum atomic E-state index is 13.8. The van der Waals surface area contributed by atoms with Crippen molar-refractivity contribution < 1.29 is 4.79 Å². The van der Waals surface area contributed by atoms with E-state index in [1.807, 2.05) is 6.07 Å². The molecule has 0 bridgehead atoms. The van der Waals surface area contributed by atoms with Gasteiger partial charge in [0, 0.05) is 44.2 Å². The van der Waals surface area contributed by atoms with Crippen LogP contribution < -0.4 is 4.90 Å². The zero-order valence-corrected chi connectivity index (χ0v) is 23.7. The van der Waals surface area contributed by atoms with Gasteiger partial charge < -0.3 is 14.7 Å². The van der Waals surface area contributed by atoms with Crippen LogP contribution in [0.2, 0.25) is 0 Å². The van der Waals surface area contributed by atoms with Gasteiger partial charge in [0.15, 0.2) is 0 Å². The molecule has 1 amide bonds. The summed E-state index contributed by atoms with van der Waals surface area (Å²) < 4.78 is 2.12. The van der Waals surface area contributed by atoms with Crippen molar-refractivity contribution in [1.82, 2.24) is 19.6 Å². The Balaban J connectivity index is 1.99. The van der Waals surface area contributed by atoms with E-state index in [1.165, 1.54) is 11.4 Å². The molecule has 0 unspecified atom stereocenters. The summed E-state index contributed by atoms with van der Waals surface area (Å²) in [7, 11) is 0. The second-order valence-corrected chi connectivity index (χ2v) is 10.7. The molecule has 2 aromatic rings. The smallest absolute Gasteiger partial charge is 0.225 e. The first-order valence-electron chi connectivity index (χ1n) is 14.3. The number of hydrogen-bond donors (Lipinski definition) is 0. The van der Waals surface area contributed by atoms with Crippen molar-refractivity contribution in [1.29, 1.82) is 0 Å². The SMILES string of the molecule is CCCC[C@@H](CC)C(=O)N(CCC(C)C)Cc1c(C)nn(-c2ccccc2)c1N1CCN(CC)CC1. The maximum absolute atomic E-state index is 13.8. The molecule has 6 heteroatoms. The lowest BCUT2D eigenvalue weighted by molar-refractivity contribution is -0.136. The number of para-hydroxylation sites is 1. The number of likely N-dealkylation sites (N-methyl/N-ethyl adjacent to an activating group) is 1. The minimum atomic E-state index is 0.109. The minimum absolute atomic E-state index is 0.109. The predicted molar refractivity (Wildman–Crippen MR) is 151 cm³/mol. The quantitative estimate of drug-likeness (QED) is 0.346. The van der Waals surface area contributed by atoms with Crippen LogP contribution in [0.4, 0.5) is 5.82 Å². The first-order valence-corrected chi connectivity index (χ1v) is 14.3. The maximum Gasteiger partial charge on any atom is 0.225 e. The van der Waals surface area contributed by atoms with Crippen LogP contribution in [0.3, 0.4) is 0 Å². The lowest BCUT2D eigenvalue weighted by Gasteiger charge is -2.36. The van der Waals surface area contributed by atoms with Gasteiger partial charge in [-0.25, -0.2) is 4.68 Å². The van der Waals surface area contributed by atoms with Gasteiger partial charge in [-0.1, -0.05) is 65.7 Å². The van der Waals surface area contributed by atoms with Crippen LogP contribution in [0, 0.1) is 18.8 Å². The van der Waals surface area contributed by atoms with Crippen molar-refractivity contribution in [2.24, 2.45) is 11.8 Å². The third-order valence-corrected chi connectivity index (χ3v) is 7.66. The molecular formula is C30H49N5O. The summed E-state index contributed by atoms with van der Waals surface area (Å²) in [4.78, 5) is 21.0. The summed E-state index contributed by atoms with van der Waals surface area (Å²) in [5.41, 5.74) is 3.30. The van der Waals surface area contributed by atoms with E-state index in [0.717, 1.165) is 82.8 Å². The van der Waals surface area contributed by atoms with Gasteiger partial charge in [-0.15, -0.1) is 0 Å². The number of amides is 1. The average Bonchev–Trinajstić information content (AvgIpc) is 3.22. The number of piperazine rings is 1. The first-order chi connectivity index (χ1) is 17.4. The molecule has 1 aromatic heterocycles. The molecule has 0 spiro atoms. The van der Waals surface area contributed by atoms with Crippen molar-refractivity contribution in [3.05, 3.63) is 41.6 Å². The first kappa shape index (κ1) is 28.2. The van der Waals surface area contributed by atoms with E-state index in [0.29, 0.717) is 18.4 Å². The highest BCUT2D eigenvalue weighted by molar-refractivity contribution is 5.79. The Morgan fingerprint density at radius 1 is 1.03 bits per heavy atom. The highest BCUT2D eigenvalue weighted by Gasteiger charge is 2.29. The number of nitrogens with zero attached hydrogens (tertiary/aromatic N) is 5. The van der Waals surface area contributed by atoms with Crippen LogP contribution in [-0.4, -0.2) is 64.8 Å². The molecule has 36 heavy (non-hydrogen) atoms. The van der Waals surface area contributed by atoms with Crippen LogP contribution >= 0.6 is 0 Å². The highest BCUT2D eigenvalue weighted by atomic mass is 16.2. The summed E-state index contributed by atoms with van der Waals surface area (Å²) in [6, 6.07) is 10.4. The van der Waals surface area contributed by atoms with Crippen LogP contribution in [0.5, 0.6) is 0 Å². The number of hydrogen-bond acceptors (Lipinski definition) is 4. The molecule has 0 aliphatic carbocycles. The van der Waals surface area contributed by atoms with E-state index in [4.69, 9.17) is 5.10 Å². The Labute approximate surface area is 219 Å². The second kappa shape index (κ2) is 13.8. The molecule has 1 saturated heterocycles. The van der Waals surface area contributed by atoms with Gasteiger partial charge in [0.25, 0.3) is 0 Å². The number of anilines is 1. The number of benzene rings is 1. The van der Waals surface area contributed by atoms with Crippen LogP contribution in [0.15, 0.2) is 30.3 Å². The van der Waals surface area contributed by atoms with Crippen molar-refractivity contribution in [3.8, 4) is 5.69 Å². The summed E-state index contributed by atoms with van der Waals surface area (Å²) in [6.07, 6.45) is 5.16. The second-order valence-electron chi connectivity index (χ2n) is 10.7. The van der Waals surface area contributed by atoms with Gasteiger partial charge in [-0.2, -0.15) is 5.10 Å². The molecule has 0 radical (unpaired) electrons. The topological polar surface area (TPSA) is 44.6 Å². The minimum Gasteiger partial charge on any atom is -0.354 e. The van der Waals surface area contributed by atoms with E-state index >= 15 is 0 Å². The Morgan fingerprint density at radius 2 is 1.72 bits per heavy atom. The Morgan fingerprint density at radius 3 is 2.31 bits per heavy atom. The third kappa shape index (κ3) is 7.12. The zero-order chi connectivity index (χ0) is 26.1. The van der Waals surface area contributed by atoms with Gasteiger partial charge in [0.05, 0.1) is 17.9 Å². The fourth-order valence-corrected chi connectivity index (χ4v) is 5.17. The molecular weight excluding hydrogens is 446 g/mol. The molecule has 200 valence electrons. The summed E-state index contributed by atoms with van der Waals surface area (Å²) in [5, 5.41) is 5.04. The van der Waals surface area contributed by atoms with Crippen LogP contribution in [0.25, 0.3) is 5.69 Å². The molecule has 3 rings (SSSR count). The predicted octanol–water partition coefficient (Wildman–Crippen LogP) is 5.91. The molecule has 1 aromatic carbocycles. The number of aromatic nitrogens is 2. The van der Waals surface area contributed by atoms with Crippen molar-refractivity contribution >= 4 is 11.7 Å². The molecule has 2 heterocycles. The molecule has 1 atom stereocenters. The molecule has 1 aliphatic rings. The van der Waals surface area contributed by atoms with E-state index in [9.17, 15) is 4.79 Å². The Kier molecular flexibility index (Phi) is 10.8. The van der Waals surface area contributed by atoms with Gasteiger partial charge >= 0.3 is 0 Å². The van der Waals surface area contributed by atoms with Crippen molar-refractivity contribution in [3.63, 3.8) is 0 Å². The fourth-order valence-electron chi connectivity index (χ4n) is 5.17.